The zero-order valence-electron chi connectivity index (χ0n) is 9.75. The van der Waals surface area contributed by atoms with Crippen LogP contribution in [-0.2, 0) is 9.47 Å². The van der Waals surface area contributed by atoms with Gasteiger partial charge in [0.1, 0.15) is 0 Å². The zero-order chi connectivity index (χ0) is 10.8. The van der Waals surface area contributed by atoms with E-state index in [4.69, 9.17) is 9.47 Å². The van der Waals surface area contributed by atoms with E-state index in [0.717, 1.165) is 12.8 Å². The molecule has 3 atom stereocenters. The molecule has 0 aromatic rings. The molecule has 0 N–H and O–H groups in total. The van der Waals surface area contributed by atoms with E-state index < -0.39 is 0 Å². The fraction of sp³-hybridized carbons (Fsp3) is 0.833. The summed E-state index contributed by atoms with van der Waals surface area (Å²) in [5.41, 5.74) is -0.0858. The molecule has 1 aliphatic heterocycles. The molecule has 1 saturated heterocycles. The highest BCUT2D eigenvalue weighted by Gasteiger charge is 2.35. The molecule has 14 heavy (non-hydrogen) atoms. The molecule has 0 unspecified atom stereocenters. The number of ether oxygens (including phenoxy) is 2. The van der Waals surface area contributed by atoms with Gasteiger partial charge >= 0.3 is 0 Å². The zero-order valence-corrected chi connectivity index (χ0v) is 9.75. The Kier molecular flexibility index (Phi) is 3.73. The lowest BCUT2D eigenvalue weighted by Gasteiger charge is -2.27. The summed E-state index contributed by atoms with van der Waals surface area (Å²) in [6.07, 6.45) is 4.51. The van der Waals surface area contributed by atoms with Gasteiger partial charge in [0.05, 0.1) is 23.9 Å². The molecule has 1 fully saturated rings. The molecule has 2 heteroatoms. The van der Waals surface area contributed by atoms with Crippen molar-refractivity contribution in [1.82, 2.24) is 0 Å². The lowest BCUT2D eigenvalue weighted by atomic mass is 10.1. The summed E-state index contributed by atoms with van der Waals surface area (Å²) in [4.78, 5) is 0. The Balaban J connectivity index is 2.53. The Morgan fingerprint density at radius 3 is 2.64 bits per heavy atom. The average molecular weight is 198 g/mol. The second-order valence-electron chi connectivity index (χ2n) is 5.01. The molecule has 0 radical (unpaired) electrons. The Hall–Kier alpha value is -0.340. The van der Waals surface area contributed by atoms with Gasteiger partial charge in [-0.2, -0.15) is 0 Å². The molecule has 0 aromatic carbocycles. The first-order valence-corrected chi connectivity index (χ1v) is 5.36. The smallest absolute Gasteiger partial charge is 0.0875 e. The largest absolute Gasteiger partial charge is 0.372 e. The highest BCUT2D eigenvalue weighted by atomic mass is 16.6. The predicted molar refractivity (Wildman–Crippen MR) is 58.4 cm³/mol. The molecule has 82 valence electrons. The van der Waals surface area contributed by atoms with E-state index in [-0.39, 0.29) is 17.8 Å². The SMILES string of the molecule is C=CC[C@H]1O[C@@H](C)C[C@H]1OC(C)(C)C. The maximum Gasteiger partial charge on any atom is 0.0875 e. The second-order valence-corrected chi connectivity index (χ2v) is 5.01. The van der Waals surface area contributed by atoms with E-state index in [1.807, 2.05) is 6.08 Å². The van der Waals surface area contributed by atoms with Gasteiger partial charge in [-0.3, -0.25) is 0 Å². The quantitative estimate of drug-likeness (QED) is 0.649. The minimum atomic E-state index is -0.0858. The van der Waals surface area contributed by atoms with E-state index >= 15 is 0 Å². The van der Waals surface area contributed by atoms with Crippen LogP contribution in [0.5, 0.6) is 0 Å². The van der Waals surface area contributed by atoms with Crippen LogP contribution in [0.1, 0.15) is 40.5 Å². The Morgan fingerprint density at radius 2 is 2.14 bits per heavy atom. The molecule has 2 nitrogen and oxygen atoms in total. The van der Waals surface area contributed by atoms with Crippen molar-refractivity contribution in [3.63, 3.8) is 0 Å². The average Bonchev–Trinajstić information content (AvgIpc) is 2.28. The molecule has 0 aliphatic carbocycles. The maximum absolute atomic E-state index is 5.96. The van der Waals surface area contributed by atoms with Crippen LogP contribution >= 0.6 is 0 Å². The summed E-state index contributed by atoms with van der Waals surface area (Å²) in [5, 5.41) is 0. The molecular formula is C12H22O2. The van der Waals surface area contributed by atoms with E-state index in [0.29, 0.717) is 6.10 Å². The summed E-state index contributed by atoms with van der Waals surface area (Å²) >= 11 is 0. The standard InChI is InChI=1S/C12H22O2/c1-6-7-10-11(8-9(2)13-10)14-12(3,4)5/h6,9-11H,1,7-8H2,2-5H3/t9-,10+,11+/m0/s1. The van der Waals surface area contributed by atoms with Crippen LogP contribution in [0, 0.1) is 0 Å². The Morgan fingerprint density at radius 1 is 1.50 bits per heavy atom. The normalized spacial score (nSPS) is 33.3. The maximum atomic E-state index is 5.96. The predicted octanol–water partition coefficient (Wildman–Crippen LogP) is 2.92. The topological polar surface area (TPSA) is 18.5 Å². The molecule has 0 aromatic heterocycles. The second kappa shape index (κ2) is 4.45. The van der Waals surface area contributed by atoms with Crippen LogP contribution in [-0.4, -0.2) is 23.9 Å². The van der Waals surface area contributed by atoms with Crippen LogP contribution in [0.25, 0.3) is 0 Å². The number of rotatable bonds is 3. The lowest BCUT2D eigenvalue weighted by Crippen LogP contribution is -2.32. The van der Waals surface area contributed by atoms with Gasteiger partial charge in [0.15, 0.2) is 0 Å². The van der Waals surface area contributed by atoms with Gasteiger partial charge in [0.2, 0.25) is 0 Å². The fourth-order valence-electron chi connectivity index (χ4n) is 1.87. The summed E-state index contributed by atoms with van der Waals surface area (Å²) < 4.78 is 11.7. The molecule has 1 heterocycles. The summed E-state index contributed by atoms with van der Waals surface area (Å²) in [7, 11) is 0. The molecule has 0 spiro atoms. The summed E-state index contributed by atoms with van der Waals surface area (Å²) in [5.74, 6) is 0. The summed E-state index contributed by atoms with van der Waals surface area (Å²) in [6, 6.07) is 0. The third-order valence-corrected chi connectivity index (χ3v) is 2.29. The molecule has 0 bridgehead atoms. The van der Waals surface area contributed by atoms with Crippen molar-refractivity contribution in [2.75, 3.05) is 0 Å². The molecule has 1 aliphatic rings. The van der Waals surface area contributed by atoms with Crippen molar-refractivity contribution in [3.05, 3.63) is 12.7 Å². The Bertz CT molecular complexity index is 193. The van der Waals surface area contributed by atoms with Crippen LogP contribution in [0.15, 0.2) is 12.7 Å². The monoisotopic (exact) mass is 198 g/mol. The highest BCUT2D eigenvalue weighted by molar-refractivity contribution is 4.87. The molecular weight excluding hydrogens is 176 g/mol. The third kappa shape index (κ3) is 3.43. The summed E-state index contributed by atoms with van der Waals surface area (Å²) in [6.45, 7) is 12.1. The van der Waals surface area contributed by atoms with Crippen molar-refractivity contribution in [1.29, 1.82) is 0 Å². The van der Waals surface area contributed by atoms with Gasteiger partial charge in [0.25, 0.3) is 0 Å². The van der Waals surface area contributed by atoms with Gasteiger partial charge in [-0.05, 0) is 34.1 Å². The number of hydrogen-bond donors (Lipinski definition) is 0. The van der Waals surface area contributed by atoms with Crippen LogP contribution < -0.4 is 0 Å². The van der Waals surface area contributed by atoms with E-state index in [2.05, 4.69) is 34.3 Å². The first-order chi connectivity index (χ1) is 6.42. The number of hydrogen-bond acceptors (Lipinski definition) is 2. The van der Waals surface area contributed by atoms with Gasteiger partial charge in [-0.15, -0.1) is 6.58 Å². The molecule has 0 saturated carbocycles. The van der Waals surface area contributed by atoms with Crippen LogP contribution in [0.2, 0.25) is 0 Å². The first kappa shape index (κ1) is 11.7. The molecule has 0 amide bonds. The highest BCUT2D eigenvalue weighted by Crippen LogP contribution is 2.28. The van der Waals surface area contributed by atoms with Gasteiger partial charge in [-0.25, -0.2) is 0 Å². The van der Waals surface area contributed by atoms with Gasteiger partial charge in [0, 0.05) is 6.42 Å². The lowest BCUT2D eigenvalue weighted by molar-refractivity contribution is -0.0885. The van der Waals surface area contributed by atoms with Crippen molar-refractivity contribution in [2.45, 2.75) is 64.4 Å². The van der Waals surface area contributed by atoms with Gasteiger partial charge < -0.3 is 9.47 Å². The Labute approximate surface area is 87.3 Å². The minimum absolute atomic E-state index is 0.0858. The van der Waals surface area contributed by atoms with Crippen molar-refractivity contribution >= 4 is 0 Å². The van der Waals surface area contributed by atoms with E-state index in [1.165, 1.54) is 0 Å². The molecule has 1 rings (SSSR count). The third-order valence-electron chi connectivity index (χ3n) is 2.29. The first-order valence-electron chi connectivity index (χ1n) is 5.36. The van der Waals surface area contributed by atoms with Crippen molar-refractivity contribution in [2.24, 2.45) is 0 Å². The van der Waals surface area contributed by atoms with Crippen molar-refractivity contribution in [3.8, 4) is 0 Å². The minimum Gasteiger partial charge on any atom is -0.372 e. The van der Waals surface area contributed by atoms with E-state index in [9.17, 15) is 0 Å². The van der Waals surface area contributed by atoms with E-state index in [1.54, 1.807) is 0 Å². The van der Waals surface area contributed by atoms with Gasteiger partial charge in [-0.1, -0.05) is 6.08 Å². The van der Waals surface area contributed by atoms with Crippen molar-refractivity contribution < 1.29 is 9.47 Å². The van der Waals surface area contributed by atoms with Crippen LogP contribution in [0.4, 0.5) is 0 Å². The fourth-order valence-corrected chi connectivity index (χ4v) is 1.87. The van der Waals surface area contributed by atoms with Crippen LogP contribution in [0.3, 0.4) is 0 Å².